The van der Waals surface area contributed by atoms with Crippen molar-refractivity contribution in [2.45, 2.75) is 50.0 Å². The van der Waals surface area contributed by atoms with Crippen LogP contribution in [0.4, 0.5) is 4.39 Å². The van der Waals surface area contributed by atoms with E-state index in [1.54, 1.807) is 12.1 Å². The van der Waals surface area contributed by atoms with Gasteiger partial charge < -0.3 is 9.42 Å². The third kappa shape index (κ3) is 2.64. The van der Waals surface area contributed by atoms with Crippen molar-refractivity contribution >= 4 is 5.91 Å². The van der Waals surface area contributed by atoms with Gasteiger partial charge in [-0.15, -0.1) is 0 Å². The number of nitrogens with zero attached hydrogens (tertiary/aromatic N) is 3. The van der Waals surface area contributed by atoms with Crippen LogP contribution in [0.1, 0.15) is 67.3 Å². The van der Waals surface area contributed by atoms with E-state index in [9.17, 15) is 9.18 Å². The Morgan fingerprint density at radius 3 is 2.88 bits per heavy atom. The summed E-state index contributed by atoms with van der Waals surface area (Å²) >= 11 is 0. The minimum atomic E-state index is -0.215. The van der Waals surface area contributed by atoms with Gasteiger partial charge in [0.15, 0.2) is 5.82 Å². The van der Waals surface area contributed by atoms with Crippen molar-refractivity contribution in [1.82, 2.24) is 15.0 Å². The summed E-state index contributed by atoms with van der Waals surface area (Å²) < 4.78 is 19.3. The Kier molecular flexibility index (Phi) is 3.40. The van der Waals surface area contributed by atoms with Gasteiger partial charge in [-0.3, -0.25) is 4.79 Å². The van der Waals surface area contributed by atoms with Gasteiger partial charge in [-0.2, -0.15) is 4.98 Å². The molecule has 3 aliphatic rings. The Balaban J connectivity index is 1.32. The molecule has 6 heteroatoms. The van der Waals surface area contributed by atoms with E-state index in [1.165, 1.54) is 6.07 Å². The van der Waals surface area contributed by atoms with Gasteiger partial charge in [0.1, 0.15) is 5.82 Å². The molecule has 3 fully saturated rings. The highest BCUT2D eigenvalue weighted by Crippen LogP contribution is 2.50. The number of likely N-dealkylation sites (tertiary alicyclic amines) is 1. The molecule has 1 aromatic carbocycles. The summed E-state index contributed by atoms with van der Waals surface area (Å²) in [5.41, 5.74) is 0.659. The predicted octanol–water partition coefficient (Wildman–Crippen LogP) is 3.55. The van der Waals surface area contributed by atoms with Gasteiger partial charge in [-0.25, -0.2) is 4.39 Å². The maximum atomic E-state index is 14.0. The maximum Gasteiger partial charge on any atom is 0.229 e. The minimum absolute atomic E-state index is 0.00208. The molecule has 0 bridgehead atoms. The fraction of sp³-hybridized carbons (Fsp3) is 0.526. The molecular weight excluding hydrogens is 321 g/mol. The number of hydrogen-bond donors (Lipinski definition) is 0. The molecule has 2 aliphatic carbocycles. The fourth-order valence-electron chi connectivity index (χ4n) is 3.98. The number of amides is 1. The van der Waals surface area contributed by atoms with Gasteiger partial charge >= 0.3 is 0 Å². The zero-order chi connectivity index (χ0) is 17.0. The van der Waals surface area contributed by atoms with Gasteiger partial charge in [0.25, 0.3) is 0 Å². The van der Waals surface area contributed by atoms with Crippen LogP contribution in [0.15, 0.2) is 28.8 Å². The number of rotatable bonds is 4. The van der Waals surface area contributed by atoms with E-state index in [1.807, 2.05) is 11.0 Å². The maximum absolute atomic E-state index is 14.0. The van der Waals surface area contributed by atoms with Gasteiger partial charge in [0, 0.05) is 18.4 Å². The molecule has 1 aliphatic heterocycles. The summed E-state index contributed by atoms with van der Waals surface area (Å²) in [6.45, 7) is 0.720. The van der Waals surface area contributed by atoms with Gasteiger partial charge in [0.2, 0.25) is 11.8 Å². The lowest BCUT2D eigenvalue weighted by molar-refractivity contribution is -0.133. The summed E-state index contributed by atoms with van der Waals surface area (Å²) in [5, 5.41) is 4.12. The molecule has 1 amide bonds. The van der Waals surface area contributed by atoms with Crippen LogP contribution in [0.2, 0.25) is 0 Å². The number of halogens is 1. The van der Waals surface area contributed by atoms with Crippen molar-refractivity contribution in [3.05, 3.63) is 47.4 Å². The van der Waals surface area contributed by atoms with E-state index in [0.717, 1.165) is 38.6 Å². The molecule has 3 atom stereocenters. The molecule has 5 nitrogen and oxygen atoms in total. The van der Waals surface area contributed by atoms with Crippen LogP contribution in [-0.2, 0) is 4.79 Å². The van der Waals surface area contributed by atoms with Crippen molar-refractivity contribution in [3.8, 4) is 0 Å². The fourth-order valence-corrected chi connectivity index (χ4v) is 3.98. The molecule has 130 valence electrons. The first-order chi connectivity index (χ1) is 12.2. The average Bonchev–Trinajstić information content (AvgIpc) is 3.52. The van der Waals surface area contributed by atoms with Crippen LogP contribution in [0.5, 0.6) is 0 Å². The van der Waals surface area contributed by atoms with Gasteiger partial charge in [-0.05, 0) is 49.7 Å². The van der Waals surface area contributed by atoms with Crippen LogP contribution in [0.3, 0.4) is 0 Å². The van der Waals surface area contributed by atoms with E-state index in [0.29, 0.717) is 23.2 Å². The Labute approximate surface area is 145 Å². The second-order valence-electron chi connectivity index (χ2n) is 7.42. The minimum Gasteiger partial charge on any atom is -0.339 e. The zero-order valence-electron chi connectivity index (χ0n) is 13.9. The molecule has 1 aromatic heterocycles. The molecule has 0 N–H and O–H groups in total. The summed E-state index contributed by atoms with van der Waals surface area (Å²) in [4.78, 5) is 19.4. The molecule has 0 unspecified atom stereocenters. The number of carbonyl (C=O) groups is 1. The Hall–Kier alpha value is -2.24. The van der Waals surface area contributed by atoms with Crippen molar-refractivity contribution < 1.29 is 13.7 Å². The average molecular weight is 341 g/mol. The number of hydrogen-bond acceptors (Lipinski definition) is 4. The van der Waals surface area contributed by atoms with Gasteiger partial charge in [-0.1, -0.05) is 23.4 Å². The topological polar surface area (TPSA) is 59.2 Å². The highest BCUT2D eigenvalue weighted by Gasteiger charge is 2.49. The number of benzene rings is 1. The first-order valence-corrected chi connectivity index (χ1v) is 9.11. The third-order valence-corrected chi connectivity index (χ3v) is 5.63. The smallest absolute Gasteiger partial charge is 0.229 e. The first kappa shape index (κ1) is 15.0. The lowest BCUT2D eigenvalue weighted by Crippen LogP contribution is -2.32. The quantitative estimate of drug-likeness (QED) is 0.853. The first-order valence-electron chi connectivity index (χ1n) is 9.11. The van der Waals surface area contributed by atoms with Crippen LogP contribution in [0.25, 0.3) is 0 Å². The van der Waals surface area contributed by atoms with Crippen LogP contribution in [0, 0.1) is 11.7 Å². The Bertz CT molecular complexity index is 817. The highest BCUT2D eigenvalue weighted by molar-refractivity contribution is 5.83. The van der Waals surface area contributed by atoms with E-state index in [4.69, 9.17) is 4.52 Å². The monoisotopic (exact) mass is 341 g/mol. The normalized spacial score (nSPS) is 28.4. The summed E-state index contributed by atoms with van der Waals surface area (Å²) in [5.74, 6) is 1.54. The molecule has 2 aromatic rings. The molecule has 0 radical (unpaired) electrons. The molecule has 0 spiro atoms. The second kappa shape index (κ2) is 5.64. The lowest BCUT2D eigenvalue weighted by Gasteiger charge is -2.22. The molecule has 2 heterocycles. The zero-order valence-corrected chi connectivity index (χ0v) is 13.9. The Morgan fingerprint density at radius 2 is 2.08 bits per heavy atom. The summed E-state index contributed by atoms with van der Waals surface area (Å²) in [7, 11) is 0. The molecule has 5 rings (SSSR count). The van der Waals surface area contributed by atoms with Crippen LogP contribution in [-0.4, -0.2) is 27.5 Å². The standard InChI is InChI=1S/C19H20FN3O2/c20-15-5-2-1-4-12(15)13-10-14(13)19(24)23-9-3-6-16(23)17-21-18(25-22-17)11-7-8-11/h1-2,4-5,11,13-14,16H,3,6-10H2/t13-,14-,16+/m1/s1. The second-order valence-corrected chi connectivity index (χ2v) is 7.42. The Morgan fingerprint density at radius 1 is 1.24 bits per heavy atom. The SMILES string of the molecule is O=C([C@@H]1C[C@@H]1c1ccccc1F)N1CCC[C@H]1c1noc(C2CC2)n1. The van der Waals surface area contributed by atoms with Crippen LogP contribution < -0.4 is 0 Å². The van der Waals surface area contributed by atoms with E-state index < -0.39 is 0 Å². The van der Waals surface area contributed by atoms with Crippen molar-refractivity contribution in [2.75, 3.05) is 6.54 Å². The van der Waals surface area contributed by atoms with E-state index in [2.05, 4.69) is 10.1 Å². The largest absolute Gasteiger partial charge is 0.339 e. The third-order valence-electron chi connectivity index (χ3n) is 5.63. The van der Waals surface area contributed by atoms with Crippen molar-refractivity contribution in [3.63, 3.8) is 0 Å². The molecule has 2 saturated carbocycles. The lowest BCUT2D eigenvalue weighted by atomic mass is 10.1. The predicted molar refractivity (Wildman–Crippen MR) is 87.2 cm³/mol. The van der Waals surface area contributed by atoms with E-state index in [-0.39, 0.29) is 29.6 Å². The van der Waals surface area contributed by atoms with E-state index >= 15 is 0 Å². The molecular formula is C19H20FN3O2. The van der Waals surface area contributed by atoms with Gasteiger partial charge in [0.05, 0.1) is 6.04 Å². The van der Waals surface area contributed by atoms with Crippen LogP contribution >= 0.6 is 0 Å². The molecule has 1 saturated heterocycles. The molecule has 25 heavy (non-hydrogen) atoms. The highest BCUT2D eigenvalue weighted by atomic mass is 19.1. The van der Waals surface area contributed by atoms with Crippen molar-refractivity contribution in [1.29, 1.82) is 0 Å². The number of aromatic nitrogens is 2. The number of carbonyl (C=O) groups excluding carboxylic acids is 1. The van der Waals surface area contributed by atoms with Crippen molar-refractivity contribution in [2.24, 2.45) is 5.92 Å². The summed E-state index contributed by atoms with van der Waals surface area (Å²) in [6.07, 6.45) is 4.76. The summed E-state index contributed by atoms with van der Waals surface area (Å²) in [6, 6.07) is 6.67.